The van der Waals surface area contributed by atoms with E-state index >= 15 is 0 Å². The Hall–Kier alpha value is -3.68. The quantitative estimate of drug-likeness (QED) is 0.359. The molecular weight excluding hydrogens is 360 g/mol. The summed E-state index contributed by atoms with van der Waals surface area (Å²) in [7, 11) is 0. The number of hydrazone groups is 1. The van der Waals surface area contributed by atoms with Crippen LogP contribution in [0.4, 0.5) is 0 Å². The largest absolute Gasteiger partial charge is 0.484 e. The van der Waals surface area contributed by atoms with Gasteiger partial charge in [-0.15, -0.1) is 0 Å². The van der Waals surface area contributed by atoms with Crippen LogP contribution in [0.25, 0.3) is 0 Å². The predicted octanol–water partition coefficient (Wildman–Crippen LogP) is 0.968. The molecule has 0 aromatic heterocycles. The minimum atomic E-state index is -0.834. The molecule has 8 heteroatoms. The highest BCUT2D eigenvalue weighted by Gasteiger charge is 2.10. The van der Waals surface area contributed by atoms with Gasteiger partial charge in [0, 0.05) is 13.1 Å². The van der Waals surface area contributed by atoms with E-state index in [4.69, 9.17) is 4.74 Å². The van der Waals surface area contributed by atoms with Gasteiger partial charge in [0.25, 0.3) is 5.91 Å². The van der Waals surface area contributed by atoms with Crippen molar-refractivity contribution in [2.75, 3.05) is 13.2 Å². The summed E-state index contributed by atoms with van der Waals surface area (Å²) in [6.07, 6.45) is 1.40. The van der Waals surface area contributed by atoms with Gasteiger partial charge < -0.3 is 15.4 Å². The number of ether oxygens (including phenoxy) is 1. The van der Waals surface area contributed by atoms with Crippen molar-refractivity contribution in [1.82, 2.24) is 16.1 Å². The number of hydrogen-bond acceptors (Lipinski definition) is 5. The first-order chi connectivity index (χ1) is 13.6. The van der Waals surface area contributed by atoms with Crippen LogP contribution in [0.1, 0.15) is 18.1 Å². The minimum Gasteiger partial charge on any atom is -0.484 e. The summed E-state index contributed by atoms with van der Waals surface area (Å²) in [5, 5.41) is 8.86. The summed E-state index contributed by atoms with van der Waals surface area (Å²) >= 11 is 0. The van der Waals surface area contributed by atoms with E-state index in [1.54, 1.807) is 31.2 Å². The number of nitrogens with zero attached hydrogens (tertiary/aromatic N) is 1. The third kappa shape index (κ3) is 7.28. The van der Waals surface area contributed by atoms with Gasteiger partial charge in [0.15, 0.2) is 6.61 Å². The van der Waals surface area contributed by atoms with Crippen molar-refractivity contribution in [2.45, 2.75) is 13.5 Å². The summed E-state index contributed by atoms with van der Waals surface area (Å²) in [4.78, 5) is 34.4. The van der Waals surface area contributed by atoms with Crippen LogP contribution in [0.15, 0.2) is 59.7 Å². The Kier molecular flexibility index (Phi) is 8.19. The molecule has 2 rings (SSSR count). The Morgan fingerprint density at radius 3 is 2.36 bits per heavy atom. The lowest BCUT2D eigenvalue weighted by Crippen LogP contribution is -2.37. The molecule has 0 heterocycles. The SMILES string of the molecule is CCNC(=O)C(=O)N/N=C\c1ccc(OCC(=O)NCc2ccccc2)cc1. The molecule has 146 valence electrons. The number of amides is 3. The van der Waals surface area contributed by atoms with Crippen molar-refractivity contribution in [2.24, 2.45) is 5.10 Å². The van der Waals surface area contributed by atoms with Crippen molar-refractivity contribution < 1.29 is 19.1 Å². The van der Waals surface area contributed by atoms with Crippen molar-refractivity contribution in [1.29, 1.82) is 0 Å². The van der Waals surface area contributed by atoms with Gasteiger partial charge in [-0.2, -0.15) is 5.10 Å². The summed E-state index contributed by atoms with van der Waals surface area (Å²) in [6, 6.07) is 16.4. The molecule has 0 aliphatic carbocycles. The maximum absolute atomic E-state index is 11.8. The second-order valence-corrected chi connectivity index (χ2v) is 5.68. The molecule has 2 aromatic rings. The lowest BCUT2D eigenvalue weighted by Gasteiger charge is -2.08. The van der Waals surface area contributed by atoms with Crippen LogP contribution in [0.2, 0.25) is 0 Å². The van der Waals surface area contributed by atoms with E-state index in [-0.39, 0.29) is 12.5 Å². The monoisotopic (exact) mass is 382 g/mol. The average molecular weight is 382 g/mol. The molecule has 3 N–H and O–H groups in total. The normalized spacial score (nSPS) is 10.3. The average Bonchev–Trinajstić information content (AvgIpc) is 2.72. The summed E-state index contributed by atoms with van der Waals surface area (Å²) < 4.78 is 5.43. The van der Waals surface area contributed by atoms with Crippen LogP contribution in [0.5, 0.6) is 5.75 Å². The molecule has 0 radical (unpaired) electrons. The Labute approximate surface area is 163 Å². The zero-order chi connectivity index (χ0) is 20.2. The molecule has 0 saturated carbocycles. The molecule has 0 fully saturated rings. The molecule has 0 saturated heterocycles. The number of hydrogen-bond donors (Lipinski definition) is 3. The molecule has 0 spiro atoms. The summed E-state index contributed by atoms with van der Waals surface area (Å²) in [5.41, 5.74) is 3.84. The standard InChI is InChI=1S/C20H22N4O4/c1-2-21-19(26)20(27)24-23-13-16-8-10-17(11-9-16)28-14-18(25)22-12-15-6-4-3-5-7-15/h3-11,13H,2,12,14H2,1H3,(H,21,26)(H,22,25)(H,24,27)/b23-13-. The van der Waals surface area contributed by atoms with Crippen molar-refractivity contribution in [3.8, 4) is 5.75 Å². The van der Waals surface area contributed by atoms with Gasteiger partial charge >= 0.3 is 11.8 Å². The number of rotatable bonds is 8. The molecule has 28 heavy (non-hydrogen) atoms. The lowest BCUT2D eigenvalue weighted by atomic mass is 10.2. The Balaban J connectivity index is 1.73. The fourth-order valence-electron chi connectivity index (χ4n) is 2.10. The topological polar surface area (TPSA) is 109 Å². The zero-order valence-corrected chi connectivity index (χ0v) is 15.5. The fraction of sp³-hybridized carbons (Fsp3) is 0.200. The molecule has 8 nitrogen and oxygen atoms in total. The van der Waals surface area contributed by atoms with E-state index in [9.17, 15) is 14.4 Å². The Bertz CT molecular complexity index is 820. The number of carbonyl (C=O) groups is 3. The van der Waals surface area contributed by atoms with E-state index in [0.717, 1.165) is 5.56 Å². The minimum absolute atomic E-state index is 0.0944. The van der Waals surface area contributed by atoms with Gasteiger partial charge in [0.2, 0.25) is 0 Å². The van der Waals surface area contributed by atoms with Gasteiger partial charge in [-0.1, -0.05) is 30.3 Å². The van der Waals surface area contributed by atoms with Crippen LogP contribution in [-0.2, 0) is 20.9 Å². The van der Waals surface area contributed by atoms with Crippen LogP contribution >= 0.6 is 0 Å². The van der Waals surface area contributed by atoms with Crippen LogP contribution in [0.3, 0.4) is 0 Å². The van der Waals surface area contributed by atoms with Crippen molar-refractivity contribution in [3.63, 3.8) is 0 Å². The van der Waals surface area contributed by atoms with Crippen LogP contribution in [0, 0.1) is 0 Å². The number of nitrogens with one attached hydrogen (secondary N) is 3. The third-order valence-electron chi connectivity index (χ3n) is 3.51. The van der Waals surface area contributed by atoms with Crippen LogP contribution in [-0.4, -0.2) is 37.1 Å². The van der Waals surface area contributed by atoms with Gasteiger partial charge in [-0.3, -0.25) is 14.4 Å². The second kappa shape index (κ2) is 11.1. The molecule has 0 bridgehead atoms. The first-order valence-corrected chi connectivity index (χ1v) is 8.73. The number of benzene rings is 2. The highest BCUT2D eigenvalue weighted by molar-refractivity contribution is 6.35. The first kappa shape index (κ1) is 20.6. The molecule has 0 unspecified atom stereocenters. The van der Waals surface area contributed by atoms with Gasteiger partial charge in [0.1, 0.15) is 5.75 Å². The lowest BCUT2D eigenvalue weighted by molar-refractivity contribution is -0.139. The summed E-state index contributed by atoms with van der Waals surface area (Å²) in [5.74, 6) is -1.27. The van der Waals surface area contributed by atoms with Gasteiger partial charge in [-0.25, -0.2) is 5.43 Å². The first-order valence-electron chi connectivity index (χ1n) is 8.73. The van der Waals surface area contributed by atoms with E-state index in [2.05, 4.69) is 21.2 Å². The molecular formula is C20H22N4O4. The smallest absolute Gasteiger partial charge is 0.329 e. The summed E-state index contributed by atoms with van der Waals surface area (Å²) in [6.45, 7) is 2.43. The van der Waals surface area contributed by atoms with E-state index < -0.39 is 11.8 Å². The van der Waals surface area contributed by atoms with Crippen molar-refractivity contribution in [3.05, 3.63) is 65.7 Å². The zero-order valence-electron chi connectivity index (χ0n) is 15.5. The van der Waals surface area contributed by atoms with Crippen LogP contribution < -0.4 is 20.8 Å². The Morgan fingerprint density at radius 2 is 1.68 bits per heavy atom. The Morgan fingerprint density at radius 1 is 0.964 bits per heavy atom. The fourth-order valence-corrected chi connectivity index (χ4v) is 2.10. The highest BCUT2D eigenvalue weighted by atomic mass is 16.5. The number of likely N-dealkylation sites (N-methyl/N-ethyl adjacent to an activating group) is 1. The second-order valence-electron chi connectivity index (χ2n) is 5.68. The number of carbonyl (C=O) groups excluding carboxylic acids is 3. The van der Waals surface area contributed by atoms with E-state index in [1.807, 2.05) is 30.3 Å². The molecule has 0 aliphatic rings. The molecule has 0 atom stereocenters. The predicted molar refractivity (Wildman–Crippen MR) is 105 cm³/mol. The maximum Gasteiger partial charge on any atom is 0.329 e. The van der Waals surface area contributed by atoms with Gasteiger partial charge in [0.05, 0.1) is 6.21 Å². The molecule has 0 aliphatic heterocycles. The van der Waals surface area contributed by atoms with Crippen molar-refractivity contribution >= 4 is 23.9 Å². The third-order valence-corrected chi connectivity index (χ3v) is 3.51. The molecule has 2 aromatic carbocycles. The molecule has 3 amide bonds. The maximum atomic E-state index is 11.8. The van der Waals surface area contributed by atoms with Gasteiger partial charge in [-0.05, 0) is 42.3 Å². The van der Waals surface area contributed by atoms with E-state index in [0.29, 0.717) is 24.4 Å². The van der Waals surface area contributed by atoms with E-state index in [1.165, 1.54) is 6.21 Å². The highest BCUT2D eigenvalue weighted by Crippen LogP contribution is 2.10.